The second kappa shape index (κ2) is 8.72. The van der Waals surface area contributed by atoms with Crippen molar-refractivity contribution in [2.75, 3.05) is 0 Å². The standard InChI is InChI=1S/C38H24O/c1-3-12-25(13-4-1)28-20-11-21-35-38(28)33-24-27(22-23-34(33)39-35)37-31-18-9-7-16-29(31)36(26-14-5-2-6-15-26)30-17-8-10-19-32(30)37/h1-24H/i1D,2D,3D,4D,5D,6D,7D,8D,9D,10D,11D,12D,13D,14D,15D,16D,17D,18D,19D,20D,21D,22D,23D,24D. The van der Waals surface area contributed by atoms with E-state index in [0.717, 1.165) is 0 Å². The Hall–Kier alpha value is -5.14. The van der Waals surface area contributed by atoms with E-state index in [1.54, 1.807) is 0 Å². The van der Waals surface area contributed by atoms with E-state index >= 15 is 0 Å². The molecule has 39 heavy (non-hydrogen) atoms. The molecule has 0 spiro atoms. The van der Waals surface area contributed by atoms with E-state index < -0.39 is 222 Å². The van der Waals surface area contributed by atoms with Crippen molar-refractivity contribution < 1.29 is 37.3 Å². The Kier molecular flexibility index (Phi) is 1.94. The first kappa shape index (κ1) is 8.69. The normalized spacial score (nSPS) is 20.2. The number of hydrogen-bond acceptors (Lipinski definition) is 1. The molecular formula is C38H24O. The number of benzene rings is 7. The van der Waals surface area contributed by atoms with Gasteiger partial charge in [0.15, 0.2) is 0 Å². The van der Waals surface area contributed by atoms with Gasteiger partial charge >= 0.3 is 0 Å². The molecule has 0 bridgehead atoms. The highest BCUT2D eigenvalue weighted by molar-refractivity contribution is 6.22. The van der Waals surface area contributed by atoms with E-state index in [0.29, 0.717) is 0 Å². The second-order valence-electron chi connectivity index (χ2n) is 8.26. The van der Waals surface area contributed by atoms with E-state index in [4.69, 9.17) is 27.7 Å². The van der Waals surface area contributed by atoms with Crippen LogP contribution in [-0.2, 0) is 0 Å². The summed E-state index contributed by atoms with van der Waals surface area (Å²) < 4.78 is 217. The van der Waals surface area contributed by atoms with Crippen LogP contribution in [0.25, 0.3) is 76.9 Å². The Bertz CT molecular complexity index is 3360. The third kappa shape index (κ3) is 3.41. The van der Waals surface area contributed by atoms with E-state index in [1.165, 1.54) is 0 Å². The van der Waals surface area contributed by atoms with E-state index in [-0.39, 0.29) is 0 Å². The maximum atomic E-state index is 9.80. The number of fused-ring (bicyclic) bond motifs is 5. The summed E-state index contributed by atoms with van der Waals surface area (Å²) in [5.74, 6) is 0. The Balaban J connectivity index is 1.75. The molecule has 0 radical (unpaired) electrons. The Morgan fingerprint density at radius 2 is 0.923 bits per heavy atom. The average Bonchev–Trinajstić information content (AvgIpc) is 3.66. The molecule has 182 valence electrons. The van der Waals surface area contributed by atoms with Crippen LogP contribution in [-0.4, -0.2) is 0 Å². The molecule has 0 fully saturated rings. The number of hydrogen-bond donors (Lipinski definition) is 0. The van der Waals surface area contributed by atoms with Gasteiger partial charge in [0.2, 0.25) is 0 Å². The molecule has 0 N–H and O–H groups in total. The highest BCUT2D eigenvalue weighted by atomic mass is 16.3. The lowest BCUT2D eigenvalue weighted by molar-refractivity contribution is 0.669. The van der Waals surface area contributed by atoms with Crippen LogP contribution >= 0.6 is 0 Å². The Labute approximate surface area is 260 Å². The van der Waals surface area contributed by atoms with E-state index in [9.17, 15) is 9.60 Å². The van der Waals surface area contributed by atoms with Crippen LogP contribution in [0, 0.1) is 0 Å². The minimum Gasteiger partial charge on any atom is -0.456 e. The molecule has 1 aromatic heterocycles. The maximum Gasteiger partial charge on any atom is 0.136 e. The third-order valence-corrected chi connectivity index (χ3v) is 6.20. The van der Waals surface area contributed by atoms with Crippen molar-refractivity contribution in [3.63, 3.8) is 0 Å². The first-order valence-electron chi connectivity index (χ1n) is 23.4. The SMILES string of the molecule is [2H]c1c([2H])c([2H])c(-c2c3c([2H])c([2H])c([2H])c([2H])c3c(-c3c([2H])c([2H])c4oc5c([2H])c([2H])c([2H])c(-c6c([2H])c([2H])c([2H])c([2H])c6[2H])c5c4c3[2H])c3c([2H])c([2H])c([2H])c([2H])c23)c([2H])c1[2H]. The summed E-state index contributed by atoms with van der Waals surface area (Å²) in [5.41, 5.74) is -5.28. The van der Waals surface area contributed by atoms with Crippen LogP contribution < -0.4 is 0 Å². The fourth-order valence-corrected chi connectivity index (χ4v) is 4.64. The summed E-state index contributed by atoms with van der Waals surface area (Å²) >= 11 is 0. The molecule has 0 aliphatic rings. The van der Waals surface area contributed by atoms with Gasteiger partial charge in [0.05, 0.1) is 32.9 Å². The molecule has 1 heterocycles. The fourth-order valence-electron chi connectivity index (χ4n) is 4.64. The van der Waals surface area contributed by atoms with Crippen molar-refractivity contribution >= 4 is 43.5 Å². The highest BCUT2D eigenvalue weighted by Crippen LogP contribution is 2.45. The molecule has 0 amide bonds. The molecule has 8 aromatic rings. The van der Waals surface area contributed by atoms with Crippen LogP contribution in [0.15, 0.2) is 149 Å². The van der Waals surface area contributed by atoms with Crippen molar-refractivity contribution in [2.24, 2.45) is 0 Å². The van der Waals surface area contributed by atoms with Gasteiger partial charge in [0, 0.05) is 10.8 Å². The highest BCUT2D eigenvalue weighted by Gasteiger charge is 2.18. The van der Waals surface area contributed by atoms with Crippen molar-refractivity contribution in [1.82, 2.24) is 0 Å². The lowest BCUT2D eigenvalue weighted by atomic mass is 9.85. The van der Waals surface area contributed by atoms with Crippen molar-refractivity contribution in [3.05, 3.63) is 145 Å². The molecule has 0 unspecified atom stereocenters. The Morgan fingerprint density at radius 3 is 1.54 bits per heavy atom. The van der Waals surface area contributed by atoms with Gasteiger partial charge in [-0.15, -0.1) is 0 Å². The van der Waals surface area contributed by atoms with Crippen LogP contribution in [0.4, 0.5) is 0 Å². The summed E-state index contributed by atoms with van der Waals surface area (Å²) in [4.78, 5) is 0. The molecule has 0 aliphatic carbocycles. The summed E-state index contributed by atoms with van der Waals surface area (Å²) in [6.07, 6.45) is 0. The van der Waals surface area contributed by atoms with Crippen LogP contribution in [0.2, 0.25) is 0 Å². The summed E-state index contributed by atoms with van der Waals surface area (Å²) in [6, 6.07) is -21.4. The monoisotopic (exact) mass is 520 g/mol. The third-order valence-electron chi connectivity index (χ3n) is 6.20. The Morgan fingerprint density at radius 1 is 0.385 bits per heavy atom. The summed E-state index contributed by atoms with van der Waals surface area (Å²) in [7, 11) is 0. The predicted molar refractivity (Wildman–Crippen MR) is 165 cm³/mol. The minimum absolute atomic E-state index is 0.498. The van der Waals surface area contributed by atoms with E-state index in [1.807, 2.05) is 0 Å². The van der Waals surface area contributed by atoms with Crippen molar-refractivity contribution in [1.29, 1.82) is 0 Å². The lowest BCUT2D eigenvalue weighted by Crippen LogP contribution is -1.90. The van der Waals surface area contributed by atoms with Gasteiger partial charge in [-0.25, -0.2) is 0 Å². The second-order valence-corrected chi connectivity index (χ2v) is 8.26. The lowest BCUT2D eigenvalue weighted by Gasteiger charge is -2.17. The van der Waals surface area contributed by atoms with E-state index in [2.05, 4.69) is 0 Å². The van der Waals surface area contributed by atoms with Gasteiger partial charge < -0.3 is 4.42 Å². The van der Waals surface area contributed by atoms with Crippen LogP contribution in [0.5, 0.6) is 0 Å². The molecule has 1 heteroatoms. The van der Waals surface area contributed by atoms with Crippen molar-refractivity contribution in [2.45, 2.75) is 0 Å². The topological polar surface area (TPSA) is 13.1 Å². The predicted octanol–water partition coefficient (Wildman–Crippen LogP) is 10.9. The number of furan rings is 1. The first-order valence-corrected chi connectivity index (χ1v) is 11.4. The fraction of sp³-hybridized carbons (Fsp3) is 0. The molecule has 0 aliphatic heterocycles. The number of rotatable bonds is 3. The summed E-state index contributed by atoms with van der Waals surface area (Å²) in [6.45, 7) is 0. The molecule has 0 atom stereocenters. The maximum absolute atomic E-state index is 9.80. The van der Waals surface area contributed by atoms with Gasteiger partial charge in [-0.1, -0.05) is 127 Å². The van der Waals surface area contributed by atoms with Crippen molar-refractivity contribution in [3.8, 4) is 33.4 Å². The smallest absolute Gasteiger partial charge is 0.136 e. The molecule has 1 nitrogen and oxygen atoms in total. The van der Waals surface area contributed by atoms with Crippen LogP contribution in [0.1, 0.15) is 32.9 Å². The summed E-state index contributed by atoms with van der Waals surface area (Å²) in [5, 5.41) is -3.71. The molecule has 8 rings (SSSR count). The average molecular weight is 521 g/mol. The zero-order chi connectivity index (χ0) is 46.6. The van der Waals surface area contributed by atoms with Gasteiger partial charge in [-0.05, 0) is 73.1 Å². The van der Waals surface area contributed by atoms with Gasteiger partial charge in [-0.2, -0.15) is 0 Å². The van der Waals surface area contributed by atoms with Crippen LogP contribution in [0.3, 0.4) is 0 Å². The zero-order valence-electron chi connectivity index (χ0n) is 43.4. The quantitative estimate of drug-likeness (QED) is 0.211. The zero-order valence-corrected chi connectivity index (χ0v) is 19.4. The largest absolute Gasteiger partial charge is 0.456 e. The molecule has 7 aromatic carbocycles. The van der Waals surface area contributed by atoms with Gasteiger partial charge in [0.1, 0.15) is 11.2 Å². The minimum atomic E-state index is -0.947. The first-order chi connectivity index (χ1) is 29.3. The van der Waals surface area contributed by atoms with Gasteiger partial charge in [-0.3, -0.25) is 0 Å². The molecule has 0 saturated heterocycles. The molecule has 0 saturated carbocycles. The molecular weight excluding hydrogens is 472 g/mol. The van der Waals surface area contributed by atoms with Gasteiger partial charge in [0.25, 0.3) is 0 Å².